The molecular weight excluding hydrogens is 228 g/mol. The van der Waals surface area contributed by atoms with E-state index in [0.29, 0.717) is 0 Å². The van der Waals surface area contributed by atoms with Crippen molar-refractivity contribution in [3.8, 4) is 5.40 Å². The first-order valence-electron chi connectivity index (χ1n) is 5.23. The zero-order valence-corrected chi connectivity index (χ0v) is 9.74. The molecule has 3 aromatic rings. The minimum absolute atomic E-state index is 0.779. The second-order valence-corrected chi connectivity index (χ2v) is 4.45. The van der Waals surface area contributed by atoms with E-state index < -0.39 is 0 Å². The molecule has 0 radical (unpaired) electrons. The fraction of sp³-hybridized carbons (Fsp3) is 0. The Balaban J connectivity index is 2.51. The number of fused-ring (bicyclic) bond motifs is 3. The van der Waals surface area contributed by atoms with E-state index in [4.69, 9.17) is 5.26 Å². The monoisotopic (exact) mass is 236 g/mol. The van der Waals surface area contributed by atoms with Crippen molar-refractivity contribution >= 4 is 33.4 Å². The van der Waals surface area contributed by atoms with E-state index in [0.717, 1.165) is 38.5 Å². The minimum Gasteiger partial charge on any atom is -0.240 e. The van der Waals surface area contributed by atoms with Crippen LogP contribution in [-0.4, -0.2) is 4.98 Å². The van der Waals surface area contributed by atoms with Gasteiger partial charge in [0.1, 0.15) is 10.4 Å². The summed E-state index contributed by atoms with van der Waals surface area (Å²) in [5, 5.41) is 15.0. The molecule has 2 nitrogen and oxygen atoms in total. The topological polar surface area (TPSA) is 36.7 Å². The van der Waals surface area contributed by atoms with Crippen LogP contribution in [0.2, 0.25) is 0 Å². The Morgan fingerprint density at radius 1 is 0.882 bits per heavy atom. The van der Waals surface area contributed by atoms with Gasteiger partial charge in [0.05, 0.1) is 5.52 Å². The molecule has 0 aliphatic heterocycles. The fourth-order valence-corrected chi connectivity index (χ4v) is 2.51. The molecule has 0 saturated heterocycles. The van der Waals surface area contributed by atoms with Crippen molar-refractivity contribution in [3.05, 3.63) is 48.5 Å². The Bertz CT molecular complexity index is 744. The van der Waals surface area contributed by atoms with Crippen molar-refractivity contribution in [2.75, 3.05) is 0 Å². The number of rotatable bonds is 1. The number of nitriles is 1. The van der Waals surface area contributed by atoms with Gasteiger partial charge in [-0.2, -0.15) is 5.26 Å². The Labute approximate surface area is 103 Å². The Morgan fingerprint density at radius 2 is 1.53 bits per heavy atom. The van der Waals surface area contributed by atoms with E-state index in [9.17, 15) is 0 Å². The number of thioether (sulfide) groups is 1. The van der Waals surface area contributed by atoms with E-state index in [2.05, 4.69) is 22.5 Å². The molecule has 1 heterocycles. The van der Waals surface area contributed by atoms with E-state index in [1.54, 1.807) is 0 Å². The Kier molecular flexibility index (Phi) is 2.43. The van der Waals surface area contributed by atoms with Crippen molar-refractivity contribution in [1.82, 2.24) is 4.98 Å². The highest BCUT2D eigenvalue weighted by Gasteiger charge is 2.07. The van der Waals surface area contributed by atoms with Gasteiger partial charge in [-0.3, -0.25) is 0 Å². The molecule has 0 bridgehead atoms. The van der Waals surface area contributed by atoms with Gasteiger partial charge >= 0.3 is 0 Å². The minimum atomic E-state index is 0.779. The number of hydrogen-bond acceptors (Lipinski definition) is 3. The third-order valence-corrected chi connectivity index (χ3v) is 3.31. The predicted molar refractivity (Wildman–Crippen MR) is 70.7 cm³/mol. The van der Waals surface area contributed by atoms with Crippen LogP contribution in [0.15, 0.2) is 53.6 Å². The van der Waals surface area contributed by atoms with Crippen molar-refractivity contribution in [2.24, 2.45) is 0 Å². The fourth-order valence-electron chi connectivity index (χ4n) is 1.99. The molecule has 0 fully saturated rings. The molecule has 3 rings (SSSR count). The van der Waals surface area contributed by atoms with Gasteiger partial charge in [0.2, 0.25) is 0 Å². The summed E-state index contributed by atoms with van der Waals surface area (Å²) < 4.78 is 0. The molecule has 0 spiro atoms. The maximum absolute atomic E-state index is 8.82. The van der Waals surface area contributed by atoms with Crippen LogP contribution in [0.25, 0.3) is 21.7 Å². The second kappa shape index (κ2) is 4.08. The van der Waals surface area contributed by atoms with Gasteiger partial charge in [0, 0.05) is 22.5 Å². The molecule has 0 saturated carbocycles. The first kappa shape index (κ1) is 10.1. The molecule has 0 aliphatic rings. The van der Waals surface area contributed by atoms with Crippen LogP contribution in [0.5, 0.6) is 0 Å². The van der Waals surface area contributed by atoms with E-state index in [-0.39, 0.29) is 0 Å². The average Bonchev–Trinajstić information content (AvgIpc) is 2.39. The van der Waals surface area contributed by atoms with Gasteiger partial charge in [-0.15, -0.1) is 0 Å². The summed E-state index contributed by atoms with van der Waals surface area (Å²) in [5.74, 6) is 0. The lowest BCUT2D eigenvalue weighted by Crippen LogP contribution is -1.86. The predicted octanol–water partition coefficient (Wildman–Crippen LogP) is 3.96. The maximum Gasteiger partial charge on any atom is 0.140 e. The van der Waals surface area contributed by atoms with Gasteiger partial charge in [0.25, 0.3) is 0 Å². The third kappa shape index (κ3) is 1.63. The van der Waals surface area contributed by atoms with E-state index in [1.165, 1.54) is 0 Å². The van der Waals surface area contributed by atoms with Crippen molar-refractivity contribution in [2.45, 2.75) is 5.03 Å². The quantitative estimate of drug-likeness (QED) is 0.364. The molecule has 0 unspecified atom stereocenters. The smallest absolute Gasteiger partial charge is 0.140 e. The van der Waals surface area contributed by atoms with Crippen LogP contribution in [0.3, 0.4) is 0 Å². The lowest BCUT2D eigenvalue weighted by atomic mass is 10.1. The summed E-state index contributed by atoms with van der Waals surface area (Å²) in [7, 11) is 0. The van der Waals surface area contributed by atoms with Crippen LogP contribution in [0.4, 0.5) is 0 Å². The zero-order valence-electron chi connectivity index (χ0n) is 8.92. The lowest BCUT2D eigenvalue weighted by Gasteiger charge is -2.06. The number of benzene rings is 2. The lowest BCUT2D eigenvalue weighted by molar-refractivity contribution is 1.24. The van der Waals surface area contributed by atoms with Crippen LogP contribution < -0.4 is 0 Å². The molecule has 0 amide bonds. The molecular formula is C14H8N2S. The van der Waals surface area contributed by atoms with Gasteiger partial charge in [-0.1, -0.05) is 42.5 Å². The summed E-state index contributed by atoms with van der Waals surface area (Å²) >= 11 is 1.11. The zero-order chi connectivity index (χ0) is 11.7. The highest BCUT2D eigenvalue weighted by atomic mass is 32.2. The van der Waals surface area contributed by atoms with E-state index >= 15 is 0 Å². The number of para-hydroxylation sites is 1. The molecule has 0 atom stereocenters. The average molecular weight is 236 g/mol. The Morgan fingerprint density at radius 3 is 2.29 bits per heavy atom. The largest absolute Gasteiger partial charge is 0.240 e. The maximum atomic E-state index is 8.82. The van der Waals surface area contributed by atoms with Crippen LogP contribution in [-0.2, 0) is 0 Å². The van der Waals surface area contributed by atoms with Crippen molar-refractivity contribution < 1.29 is 0 Å². The SMILES string of the molecule is N#CSc1nc2ccccc2c2ccccc12. The van der Waals surface area contributed by atoms with Gasteiger partial charge in [-0.05, 0) is 11.5 Å². The molecule has 17 heavy (non-hydrogen) atoms. The normalized spacial score (nSPS) is 10.5. The summed E-state index contributed by atoms with van der Waals surface area (Å²) in [4.78, 5) is 4.53. The molecule has 0 aliphatic carbocycles. The molecule has 3 heteroatoms. The van der Waals surface area contributed by atoms with Crippen LogP contribution in [0, 0.1) is 10.7 Å². The van der Waals surface area contributed by atoms with Crippen LogP contribution in [0.1, 0.15) is 0 Å². The Hall–Kier alpha value is -2.05. The van der Waals surface area contributed by atoms with E-state index in [1.807, 2.05) is 36.4 Å². The first-order chi connectivity index (χ1) is 8.40. The third-order valence-electron chi connectivity index (χ3n) is 2.72. The standard InChI is InChI=1S/C14H8N2S/c15-9-17-14-12-7-2-1-5-10(12)11-6-3-4-8-13(11)16-14/h1-8H. The summed E-state index contributed by atoms with van der Waals surface area (Å²) in [6.45, 7) is 0. The molecule has 2 aromatic carbocycles. The summed E-state index contributed by atoms with van der Waals surface area (Å²) in [6.07, 6.45) is 0. The van der Waals surface area contributed by atoms with Gasteiger partial charge in [0.15, 0.2) is 0 Å². The summed E-state index contributed by atoms with van der Waals surface area (Å²) in [6, 6.07) is 16.1. The first-order valence-corrected chi connectivity index (χ1v) is 6.05. The van der Waals surface area contributed by atoms with Crippen molar-refractivity contribution in [3.63, 3.8) is 0 Å². The second-order valence-electron chi connectivity index (χ2n) is 3.67. The number of thiocyanates is 1. The highest BCUT2D eigenvalue weighted by Crippen LogP contribution is 2.30. The number of aromatic nitrogens is 1. The summed E-state index contributed by atoms with van der Waals surface area (Å²) in [5.41, 5.74) is 0.934. The van der Waals surface area contributed by atoms with Gasteiger partial charge < -0.3 is 0 Å². The molecule has 1 aromatic heterocycles. The number of pyridine rings is 1. The van der Waals surface area contributed by atoms with Crippen molar-refractivity contribution in [1.29, 1.82) is 5.26 Å². The molecule has 80 valence electrons. The highest BCUT2D eigenvalue weighted by molar-refractivity contribution is 8.03. The van der Waals surface area contributed by atoms with Crippen LogP contribution >= 0.6 is 11.8 Å². The number of hydrogen-bond donors (Lipinski definition) is 0. The molecule has 0 N–H and O–H groups in total. The van der Waals surface area contributed by atoms with Gasteiger partial charge in [-0.25, -0.2) is 4.98 Å². The number of nitrogens with zero attached hydrogens (tertiary/aromatic N) is 2.